The zero-order valence-corrected chi connectivity index (χ0v) is 9.73. The second-order valence-corrected chi connectivity index (χ2v) is 3.84. The van der Waals surface area contributed by atoms with Crippen LogP contribution >= 0.6 is 34.2 Å². The predicted molar refractivity (Wildman–Crippen MR) is 56.2 cm³/mol. The Labute approximate surface area is 93.6 Å². The molecule has 5 heteroatoms. The molecule has 0 unspecified atom stereocenters. The maximum Gasteiger partial charge on any atom is 0.264 e. The molecule has 0 atom stereocenters. The third kappa shape index (κ3) is 2.49. The van der Waals surface area contributed by atoms with Crippen LogP contribution < -0.4 is 0 Å². The van der Waals surface area contributed by atoms with Gasteiger partial charge in [-0.1, -0.05) is 0 Å². The first-order valence-corrected chi connectivity index (χ1v) is 5.17. The van der Waals surface area contributed by atoms with Crippen LogP contribution in [0.25, 0.3) is 0 Å². The summed E-state index contributed by atoms with van der Waals surface area (Å²) in [5, 5.41) is 0. The fraction of sp³-hybridized carbons (Fsp3) is 0.375. The maximum atomic E-state index is 12.5. The zero-order valence-electron chi connectivity index (χ0n) is 6.82. The number of alkyl halides is 3. The molecule has 0 aliphatic heterocycles. The minimum Gasteiger partial charge on any atom is -0.245 e. The molecule has 1 heterocycles. The number of hydrogen-bond acceptors (Lipinski definition) is 1. The molecule has 0 radical (unpaired) electrons. The quantitative estimate of drug-likeness (QED) is 0.461. The lowest BCUT2D eigenvalue weighted by Crippen LogP contribution is -1.99. The van der Waals surface area contributed by atoms with Gasteiger partial charge in [-0.2, -0.15) is 0 Å². The van der Waals surface area contributed by atoms with E-state index in [2.05, 4.69) is 4.98 Å². The summed E-state index contributed by atoms with van der Waals surface area (Å²) < 4.78 is 25.5. The number of hydrogen-bond donors (Lipinski definition) is 0. The lowest BCUT2D eigenvalue weighted by Gasteiger charge is -2.07. The summed E-state index contributed by atoms with van der Waals surface area (Å²) in [7, 11) is 0. The molecule has 0 aliphatic carbocycles. The molecule has 1 rings (SSSR count). The Bertz CT molecular complexity index is 317. The Kier molecular flexibility index (Phi) is 3.85. The van der Waals surface area contributed by atoms with Crippen molar-refractivity contribution in [2.75, 3.05) is 0 Å². The van der Waals surface area contributed by atoms with Crippen LogP contribution in [0.4, 0.5) is 8.78 Å². The van der Waals surface area contributed by atoms with E-state index in [1.165, 1.54) is 6.07 Å². The Morgan fingerprint density at radius 3 is 2.69 bits per heavy atom. The van der Waals surface area contributed by atoms with Crippen molar-refractivity contribution in [3.05, 3.63) is 26.6 Å². The van der Waals surface area contributed by atoms with Crippen molar-refractivity contribution < 1.29 is 8.78 Å². The normalized spacial score (nSPS) is 10.9. The Balaban J connectivity index is 3.25. The van der Waals surface area contributed by atoms with Gasteiger partial charge in [0.05, 0.1) is 11.6 Å². The van der Waals surface area contributed by atoms with Crippen molar-refractivity contribution in [1.29, 1.82) is 0 Å². The molecule has 0 fully saturated rings. The molecule has 0 aromatic carbocycles. The molecule has 0 saturated heterocycles. The third-order valence-electron chi connectivity index (χ3n) is 1.68. The average Bonchev–Trinajstić information content (AvgIpc) is 2.09. The van der Waals surface area contributed by atoms with Crippen LogP contribution in [-0.2, 0) is 5.88 Å². The molecule has 1 aromatic rings. The standard InChI is InChI=1S/C8H7ClF2IN/c1-4-6(7(10)11)2-5(3-9)13-8(4)12/h2,7H,3H2,1H3. The Hall–Kier alpha value is 0.0300. The largest absolute Gasteiger partial charge is 0.264 e. The van der Waals surface area contributed by atoms with Crippen LogP contribution in [0.3, 0.4) is 0 Å². The lowest BCUT2D eigenvalue weighted by atomic mass is 10.1. The highest BCUT2D eigenvalue weighted by Crippen LogP contribution is 2.26. The summed E-state index contributed by atoms with van der Waals surface area (Å²) in [6, 6.07) is 1.36. The summed E-state index contributed by atoms with van der Waals surface area (Å²) in [5.74, 6) is 0.163. The number of halogens is 4. The highest BCUT2D eigenvalue weighted by molar-refractivity contribution is 14.1. The van der Waals surface area contributed by atoms with Gasteiger partial charge in [-0.05, 0) is 41.1 Å². The maximum absolute atomic E-state index is 12.5. The van der Waals surface area contributed by atoms with E-state index in [1.807, 2.05) is 22.6 Å². The molecule has 0 N–H and O–H groups in total. The number of pyridine rings is 1. The van der Waals surface area contributed by atoms with Gasteiger partial charge in [0, 0.05) is 5.56 Å². The van der Waals surface area contributed by atoms with Crippen molar-refractivity contribution in [2.24, 2.45) is 0 Å². The van der Waals surface area contributed by atoms with E-state index < -0.39 is 6.43 Å². The molecule has 0 bridgehead atoms. The summed E-state index contributed by atoms with van der Waals surface area (Å²) in [4.78, 5) is 4.06. The first-order chi connectivity index (χ1) is 6.06. The van der Waals surface area contributed by atoms with E-state index in [-0.39, 0.29) is 11.4 Å². The molecule has 72 valence electrons. The Morgan fingerprint density at radius 2 is 2.23 bits per heavy atom. The number of nitrogens with zero attached hydrogens (tertiary/aromatic N) is 1. The fourth-order valence-corrected chi connectivity index (χ4v) is 1.70. The van der Waals surface area contributed by atoms with Crippen molar-refractivity contribution in [2.45, 2.75) is 19.2 Å². The molecule has 1 nitrogen and oxygen atoms in total. The lowest BCUT2D eigenvalue weighted by molar-refractivity contribution is 0.150. The van der Waals surface area contributed by atoms with Crippen LogP contribution in [-0.4, -0.2) is 4.98 Å². The van der Waals surface area contributed by atoms with E-state index in [4.69, 9.17) is 11.6 Å². The molecule has 13 heavy (non-hydrogen) atoms. The molecular weight excluding hydrogens is 310 g/mol. The van der Waals surface area contributed by atoms with Gasteiger partial charge >= 0.3 is 0 Å². The SMILES string of the molecule is Cc1c(C(F)F)cc(CCl)nc1I. The molecular formula is C8H7ClF2IN. The average molecular weight is 318 g/mol. The predicted octanol–water partition coefficient (Wildman–Crippen LogP) is 3.67. The van der Waals surface area contributed by atoms with Gasteiger partial charge in [0.2, 0.25) is 0 Å². The van der Waals surface area contributed by atoms with E-state index in [1.54, 1.807) is 6.92 Å². The van der Waals surface area contributed by atoms with Crippen LogP contribution in [0.15, 0.2) is 6.07 Å². The molecule has 1 aromatic heterocycles. The van der Waals surface area contributed by atoms with Crippen molar-refractivity contribution in [3.8, 4) is 0 Å². The minimum absolute atomic E-state index is 0.0232. The van der Waals surface area contributed by atoms with Gasteiger partial charge in [-0.25, -0.2) is 13.8 Å². The van der Waals surface area contributed by atoms with Crippen LogP contribution in [0.2, 0.25) is 0 Å². The highest BCUT2D eigenvalue weighted by atomic mass is 127. The van der Waals surface area contributed by atoms with E-state index >= 15 is 0 Å². The second kappa shape index (κ2) is 4.50. The monoisotopic (exact) mass is 317 g/mol. The fourth-order valence-electron chi connectivity index (χ4n) is 0.944. The number of rotatable bonds is 2. The first-order valence-electron chi connectivity index (χ1n) is 3.56. The van der Waals surface area contributed by atoms with Crippen molar-refractivity contribution in [1.82, 2.24) is 4.98 Å². The summed E-state index contributed by atoms with van der Waals surface area (Å²) in [6.07, 6.45) is -2.46. The van der Waals surface area contributed by atoms with E-state index in [9.17, 15) is 8.78 Å². The summed E-state index contributed by atoms with van der Waals surface area (Å²) in [6.45, 7) is 1.63. The highest BCUT2D eigenvalue weighted by Gasteiger charge is 2.14. The van der Waals surface area contributed by atoms with Gasteiger partial charge in [0.15, 0.2) is 0 Å². The Morgan fingerprint density at radius 1 is 1.62 bits per heavy atom. The zero-order chi connectivity index (χ0) is 10.0. The molecule has 0 aliphatic rings. The summed E-state index contributed by atoms with van der Waals surface area (Å²) in [5.41, 5.74) is 1.05. The molecule has 0 spiro atoms. The van der Waals surface area contributed by atoms with E-state index in [0.29, 0.717) is 15.0 Å². The van der Waals surface area contributed by atoms with Gasteiger partial charge in [0.1, 0.15) is 3.70 Å². The van der Waals surface area contributed by atoms with Crippen LogP contribution in [0, 0.1) is 10.6 Å². The van der Waals surface area contributed by atoms with Crippen molar-refractivity contribution >= 4 is 34.2 Å². The molecule has 0 saturated carbocycles. The van der Waals surface area contributed by atoms with Crippen LogP contribution in [0.5, 0.6) is 0 Å². The van der Waals surface area contributed by atoms with Gasteiger partial charge in [0.25, 0.3) is 6.43 Å². The second-order valence-electron chi connectivity index (χ2n) is 2.55. The third-order valence-corrected chi connectivity index (χ3v) is 3.00. The van der Waals surface area contributed by atoms with E-state index in [0.717, 1.165) is 0 Å². The summed E-state index contributed by atoms with van der Waals surface area (Å²) >= 11 is 7.45. The van der Waals surface area contributed by atoms with Gasteiger partial charge in [-0.3, -0.25) is 0 Å². The molecule has 0 amide bonds. The number of aromatic nitrogens is 1. The minimum atomic E-state index is -2.46. The topological polar surface area (TPSA) is 12.9 Å². The first kappa shape index (κ1) is 11.1. The van der Waals surface area contributed by atoms with Crippen molar-refractivity contribution in [3.63, 3.8) is 0 Å². The van der Waals surface area contributed by atoms with Gasteiger partial charge < -0.3 is 0 Å². The van der Waals surface area contributed by atoms with Crippen LogP contribution in [0.1, 0.15) is 23.2 Å². The van der Waals surface area contributed by atoms with Gasteiger partial charge in [-0.15, -0.1) is 11.6 Å². The smallest absolute Gasteiger partial charge is 0.245 e.